The molecule has 0 amide bonds. The van der Waals surface area contributed by atoms with Gasteiger partial charge in [0.1, 0.15) is 23.0 Å². The molecule has 2 heterocycles. The number of aromatic nitrogens is 1. The Bertz CT molecular complexity index is 1050. The molecule has 0 spiro atoms. The van der Waals surface area contributed by atoms with Crippen LogP contribution in [0.4, 0.5) is 10.1 Å². The van der Waals surface area contributed by atoms with Crippen molar-refractivity contribution in [2.45, 2.75) is 25.5 Å². The molecule has 1 aliphatic heterocycles. The van der Waals surface area contributed by atoms with Gasteiger partial charge in [0, 0.05) is 23.6 Å². The van der Waals surface area contributed by atoms with Gasteiger partial charge in [-0.25, -0.2) is 9.38 Å². The van der Waals surface area contributed by atoms with Gasteiger partial charge in [0.15, 0.2) is 4.80 Å². The zero-order valence-electron chi connectivity index (χ0n) is 16.4. The van der Waals surface area contributed by atoms with Crippen LogP contribution in [0.3, 0.4) is 0 Å². The molecule has 29 heavy (non-hydrogen) atoms. The highest BCUT2D eigenvalue weighted by Gasteiger charge is 2.20. The summed E-state index contributed by atoms with van der Waals surface area (Å²) in [6, 6.07) is 12.3. The van der Waals surface area contributed by atoms with Crippen molar-refractivity contribution >= 4 is 17.0 Å². The lowest BCUT2D eigenvalue weighted by atomic mass is 10.1. The van der Waals surface area contributed by atoms with E-state index in [0.29, 0.717) is 18.0 Å². The van der Waals surface area contributed by atoms with Gasteiger partial charge in [-0.2, -0.15) is 0 Å². The molecule has 0 radical (unpaired) electrons. The molecule has 1 unspecified atom stereocenters. The molecule has 7 heteroatoms. The van der Waals surface area contributed by atoms with Gasteiger partial charge in [0.05, 0.1) is 32.6 Å². The van der Waals surface area contributed by atoms with Gasteiger partial charge in [-0.1, -0.05) is 12.1 Å². The van der Waals surface area contributed by atoms with Crippen molar-refractivity contribution < 1.29 is 18.6 Å². The molecule has 152 valence electrons. The molecule has 0 saturated carbocycles. The summed E-state index contributed by atoms with van der Waals surface area (Å²) in [5.74, 6) is 1.09. The fraction of sp³-hybridized carbons (Fsp3) is 0.318. The standard InChI is InChI=1S/C22H23FN2O3S/c1-26-15-9-10-17(21(12-15)27-2)20-14-29-22(24-19-8-4-3-7-18(19)23)25(20)13-16-6-5-11-28-16/h3-4,7-10,12,14,16H,5-6,11,13H2,1-2H3. The molecule has 1 atom stereocenters. The number of methoxy groups -OCH3 is 2. The van der Waals surface area contributed by atoms with Crippen LogP contribution in [-0.2, 0) is 11.3 Å². The molecule has 4 rings (SSSR count). The Morgan fingerprint density at radius 1 is 1.21 bits per heavy atom. The van der Waals surface area contributed by atoms with Crippen molar-refractivity contribution in [1.82, 2.24) is 4.57 Å². The summed E-state index contributed by atoms with van der Waals surface area (Å²) in [5.41, 5.74) is 2.21. The number of para-hydroxylation sites is 1. The van der Waals surface area contributed by atoms with Gasteiger partial charge in [-0.15, -0.1) is 11.3 Å². The van der Waals surface area contributed by atoms with Crippen LogP contribution in [0.1, 0.15) is 12.8 Å². The number of thiazole rings is 1. The van der Waals surface area contributed by atoms with E-state index in [1.54, 1.807) is 32.4 Å². The largest absolute Gasteiger partial charge is 0.497 e. The van der Waals surface area contributed by atoms with Gasteiger partial charge < -0.3 is 18.8 Å². The van der Waals surface area contributed by atoms with Crippen molar-refractivity contribution in [2.24, 2.45) is 4.99 Å². The van der Waals surface area contributed by atoms with E-state index in [-0.39, 0.29) is 11.9 Å². The predicted octanol–water partition coefficient (Wildman–Crippen LogP) is 4.78. The zero-order valence-corrected chi connectivity index (χ0v) is 17.2. The van der Waals surface area contributed by atoms with Crippen LogP contribution in [0.2, 0.25) is 0 Å². The van der Waals surface area contributed by atoms with E-state index in [2.05, 4.69) is 9.56 Å². The van der Waals surface area contributed by atoms with Crippen LogP contribution in [0, 0.1) is 5.82 Å². The average Bonchev–Trinajstić information content (AvgIpc) is 3.40. The van der Waals surface area contributed by atoms with Crippen molar-refractivity contribution in [3.63, 3.8) is 0 Å². The third kappa shape index (κ3) is 4.21. The predicted molar refractivity (Wildman–Crippen MR) is 111 cm³/mol. The zero-order chi connectivity index (χ0) is 20.2. The SMILES string of the molecule is COc1ccc(-c2csc(=Nc3ccccc3F)n2CC2CCCO2)c(OC)c1. The molecule has 0 bridgehead atoms. The Labute approximate surface area is 173 Å². The second-order valence-corrected chi connectivity index (χ2v) is 7.62. The highest BCUT2D eigenvalue weighted by Crippen LogP contribution is 2.34. The highest BCUT2D eigenvalue weighted by molar-refractivity contribution is 7.07. The Balaban J connectivity index is 1.84. The van der Waals surface area contributed by atoms with Gasteiger partial charge in [0.25, 0.3) is 0 Å². The molecule has 1 aromatic heterocycles. The number of ether oxygens (including phenoxy) is 3. The Kier molecular flexibility index (Phi) is 5.97. The number of hydrogen-bond acceptors (Lipinski definition) is 5. The molecule has 5 nitrogen and oxygen atoms in total. The minimum absolute atomic E-state index is 0.118. The van der Waals surface area contributed by atoms with Crippen LogP contribution >= 0.6 is 11.3 Å². The van der Waals surface area contributed by atoms with Crippen molar-refractivity contribution in [3.05, 3.63) is 58.5 Å². The first kappa shape index (κ1) is 19.7. The highest BCUT2D eigenvalue weighted by atomic mass is 32.1. The maximum atomic E-state index is 14.2. The Morgan fingerprint density at radius 3 is 2.79 bits per heavy atom. The summed E-state index contributed by atoms with van der Waals surface area (Å²) in [5, 5.41) is 2.03. The second-order valence-electron chi connectivity index (χ2n) is 6.78. The first-order valence-corrected chi connectivity index (χ1v) is 10.4. The molecule has 0 aliphatic carbocycles. The van der Waals surface area contributed by atoms with E-state index in [1.165, 1.54) is 17.4 Å². The fourth-order valence-electron chi connectivity index (χ4n) is 3.46. The van der Waals surface area contributed by atoms with Gasteiger partial charge in [-0.05, 0) is 37.1 Å². The van der Waals surface area contributed by atoms with Crippen LogP contribution < -0.4 is 14.3 Å². The third-order valence-corrected chi connectivity index (χ3v) is 5.82. The summed E-state index contributed by atoms with van der Waals surface area (Å²) in [7, 11) is 3.27. The molecular formula is C22H23FN2O3S. The van der Waals surface area contributed by atoms with Crippen molar-refractivity contribution in [3.8, 4) is 22.8 Å². The maximum Gasteiger partial charge on any atom is 0.190 e. The topological polar surface area (TPSA) is 45.0 Å². The quantitative estimate of drug-likeness (QED) is 0.583. The average molecular weight is 415 g/mol. The van der Waals surface area contributed by atoms with Gasteiger partial charge in [-0.3, -0.25) is 0 Å². The summed E-state index contributed by atoms with van der Waals surface area (Å²) in [6.45, 7) is 1.43. The number of nitrogens with zero attached hydrogens (tertiary/aromatic N) is 2. The number of rotatable bonds is 6. The molecule has 0 N–H and O–H groups in total. The van der Waals surface area contributed by atoms with E-state index in [4.69, 9.17) is 14.2 Å². The lowest BCUT2D eigenvalue weighted by Gasteiger charge is -2.16. The van der Waals surface area contributed by atoms with Crippen molar-refractivity contribution in [2.75, 3.05) is 20.8 Å². The lowest BCUT2D eigenvalue weighted by Crippen LogP contribution is -2.24. The molecule has 1 aliphatic rings. The first-order chi connectivity index (χ1) is 14.2. The van der Waals surface area contributed by atoms with E-state index in [9.17, 15) is 4.39 Å². The smallest absolute Gasteiger partial charge is 0.190 e. The van der Waals surface area contributed by atoms with Gasteiger partial charge in [0.2, 0.25) is 0 Å². The molecule has 3 aromatic rings. The van der Waals surface area contributed by atoms with E-state index < -0.39 is 0 Å². The minimum atomic E-state index is -0.340. The Hall–Kier alpha value is -2.64. The Morgan fingerprint density at radius 2 is 2.07 bits per heavy atom. The number of benzene rings is 2. The summed E-state index contributed by atoms with van der Waals surface area (Å²) in [4.78, 5) is 5.32. The summed E-state index contributed by atoms with van der Waals surface area (Å²) >= 11 is 1.47. The maximum absolute atomic E-state index is 14.2. The third-order valence-electron chi connectivity index (χ3n) is 4.96. The summed E-state index contributed by atoms with van der Waals surface area (Å²) < 4.78 is 33.1. The molecular weight excluding hydrogens is 391 g/mol. The number of halogens is 1. The monoisotopic (exact) mass is 414 g/mol. The minimum Gasteiger partial charge on any atom is -0.497 e. The summed E-state index contributed by atoms with van der Waals surface area (Å²) in [6.07, 6.45) is 2.17. The molecule has 2 aromatic carbocycles. The van der Waals surface area contributed by atoms with E-state index in [1.807, 2.05) is 23.6 Å². The normalized spacial score (nSPS) is 16.9. The van der Waals surface area contributed by atoms with Crippen LogP contribution in [0.25, 0.3) is 11.3 Å². The second kappa shape index (κ2) is 8.80. The molecule has 1 fully saturated rings. The van der Waals surface area contributed by atoms with Gasteiger partial charge >= 0.3 is 0 Å². The fourth-order valence-corrected chi connectivity index (χ4v) is 4.38. The lowest BCUT2D eigenvalue weighted by molar-refractivity contribution is 0.0968. The van der Waals surface area contributed by atoms with Crippen LogP contribution in [0.5, 0.6) is 11.5 Å². The van der Waals surface area contributed by atoms with E-state index in [0.717, 1.165) is 41.3 Å². The van der Waals surface area contributed by atoms with E-state index >= 15 is 0 Å². The van der Waals surface area contributed by atoms with Crippen LogP contribution in [-0.4, -0.2) is 31.5 Å². The van der Waals surface area contributed by atoms with Crippen molar-refractivity contribution in [1.29, 1.82) is 0 Å². The van der Waals surface area contributed by atoms with Crippen LogP contribution in [0.15, 0.2) is 52.8 Å². The number of hydrogen-bond donors (Lipinski definition) is 0. The molecule has 1 saturated heterocycles. The first-order valence-electron chi connectivity index (χ1n) is 9.51.